The Morgan fingerprint density at radius 1 is 1.03 bits per heavy atom. The molecule has 0 saturated heterocycles. The number of rotatable bonds is 11. The summed E-state index contributed by atoms with van der Waals surface area (Å²) in [4.78, 5) is 27.4. The van der Waals surface area contributed by atoms with Crippen LogP contribution in [0.1, 0.15) is 37.8 Å². The Morgan fingerprint density at radius 3 is 2.29 bits per heavy atom. The van der Waals surface area contributed by atoms with Gasteiger partial charge in [-0.3, -0.25) is 9.59 Å². The number of nitrogens with zero attached hydrogens (tertiary/aromatic N) is 1. The van der Waals surface area contributed by atoms with Crippen LogP contribution in [-0.4, -0.2) is 43.5 Å². The Balaban J connectivity index is 2.22. The van der Waals surface area contributed by atoms with E-state index >= 15 is 0 Å². The van der Waals surface area contributed by atoms with Gasteiger partial charge in [0.1, 0.15) is 11.9 Å². The van der Waals surface area contributed by atoms with Crippen LogP contribution in [0.3, 0.4) is 0 Å². The second-order valence-electron chi connectivity index (χ2n) is 7.33. The standard InChI is InChI=1S/C24H31FN2O4/c1-5-6-13-26-24(29)17(2)27(16-18-7-10-20(25)11-8-18)23(28)15-19-9-12-21(30-3)22(14-19)31-4/h7-12,14,17H,5-6,13,15-16H2,1-4H3,(H,26,29)/t17-/m0/s1. The fraction of sp³-hybridized carbons (Fsp3) is 0.417. The van der Waals surface area contributed by atoms with Crippen LogP contribution in [0.4, 0.5) is 4.39 Å². The molecular formula is C24H31FN2O4. The molecule has 31 heavy (non-hydrogen) atoms. The molecule has 0 saturated carbocycles. The molecule has 0 fully saturated rings. The van der Waals surface area contributed by atoms with Gasteiger partial charge in [-0.15, -0.1) is 0 Å². The molecule has 2 aromatic carbocycles. The molecule has 0 unspecified atom stereocenters. The number of methoxy groups -OCH3 is 2. The highest BCUT2D eigenvalue weighted by Gasteiger charge is 2.26. The molecule has 0 radical (unpaired) electrons. The SMILES string of the molecule is CCCCNC(=O)[C@H](C)N(Cc1ccc(F)cc1)C(=O)Cc1ccc(OC)c(OC)c1. The molecule has 6 nitrogen and oxygen atoms in total. The van der Waals surface area contributed by atoms with Gasteiger partial charge in [-0.05, 0) is 48.7 Å². The fourth-order valence-electron chi connectivity index (χ4n) is 3.17. The quantitative estimate of drug-likeness (QED) is 0.552. The summed E-state index contributed by atoms with van der Waals surface area (Å²) in [6, 6.07) is 10.5. The topological polar surface area (TPSA) is 67.9 Å². The Labute approximate surface area is 183 Å². The van der Waals surface area contributed by atoms with Gasteiger partial charge in [0, 0.05) is 13.1 Å². The van der Waals surface area contributed by atoms with Gasteiger partial charge in [0.2, 0.25) is 11.8 Å². The minimum Gasteiger partial charge on any atom is -0.493 e. The number of halogens is 1. The highest BCUT2D eigenvalue weighted by Crippen LogP contribution is 2.28. The van der Waals surface area contributed by atoms with Crippen LogP contribution in [0, 0.1) is 5.82 Å². The average Bonchev–Trinajstić information content (AvgIpc) is 2.78. The summed E-state index contributed by atoms with van der Waals surface area (Å²) in [6.07, 6.45) is 1.93. The van der Waals surface area contributed by atoms with Crippen LogP contribution in [0.15, 0.2) is 42.5 Å². The van der Waals surface area contributed by atoms with E-state index in [2.05, 4.69) is 5.32 Å². The van der Waals surface area contributed by atoms with Crippen molar-refractivity contribution in [2.45, 2.75) is 45.7 Å². The Hall–Kier alpha value is -3.09. The number of nitrogens with one attached hydrogen (secondary N) is 1. The predicted octanol–water partition coefficient (Wildman–Crippen LogP) is 3.72. The third-order valence-corrected chi connectivity index (χ3v) is 5.07. The molecule has 7 heteroatoms. The van der Waals surface area contributed by atoms with Crippen molar-refractivity contribution in [2.24, 2.45) is 0 Å². The van der Waals surface area contributed by atoms with Crippen molar-refractivity contribution in [3.63, 3.8) is 0 Å². The van der Waals surface area contributed by atoms with Gasteiger partial charge in [0.05, 0.1) is 20.6 Å². The summed E-state index contributed by atoms with van der Waals surface area (Å²) < 4.78 is 23.9. The predicted molar refractivity (Wildman–Crippen MR) is 118 cm³/mol. The molecule has 0 bridgehead atoms. The number of ether oxygens (including phenoxy) is 2. The molecule has 2 aromatic rings. The van der Waals surface area contributed by atoms with Crippen molar-refractivity contribution >= 4 is 11.8 Å². The summed E-state index contributed by atoms with van der Waals surface area (Å²) in [6.45, 7) is 4.52. The van der Waals surface area contributed by atoms with Crippen LogP contribution >= 0.6 is 0 Å². The van der Waals surface area contributed by atoms with E-state index in [-0.39, 0.29) is 30.6 Å². The molecule has 2 amide bonds. The van der Waals surface area contributed by atoms with Crippen molar-refractivity contribution in [1.29, 1.82) is 0 Å². The van der Waals surface area contributed by atoms with Crippen molar-refractivity contribution in [3.8, 4) is 11.5 Å². The van der Waals surface area contributed by atoms with Crippen molar-refractivity contribution < 1.29 is 23.5 Å². The molecule has 0 aliphatic heterocycles. The zero-order valence-electron chi connectivity index (χ0n) is 18.6. The van der Waals surface area contributed by atoms with E-state index in [1.807, 2.05) is 6.92 Å². The molecular weight excluding hydrogens is 399 g/mol. The smallest absolute Gasteiger partial charge is 0.242 e. The second kappa shape index (κ2) is 11.9. The summed E-state index contributed by atoms with van der Waals surface area (Å²) >= 11 is 0. The van der Waals surface area contributed by atoms with Crippen molar-refractivity contribution in [1.82, 2.24) is 10.2 Å². The molecule has 1 N–H and O–H groups in total. The van der Waals surface area contributed by atoms with Crippen LogP contribution in [0.5, 0.6) is 11.5 Å². The van der Waals surface area contributed by atoms with Crippen LogP contribution in [0.2, 0.25) is 0 Å². The maximum atomic E-state index is 13.3. The minimum atomic E-state index is -0.672. The van der Waals surface area contributed by atoms with E-state index in [1.165, 1.54) is 24.1 Å². The summed E-state index contributed by atoms with van der Waals surface area (Å²) in [7, 11) is 3.08. The van der Waals surface area contributed by atoms with Gasteiger partial charge >= 0.3 is 0 Å². The zero-order valence-corrected chi connectivity index (χ0v) is 18.6. The number of benzene rings is 2. The largest absolute Gasteiger partial charge is 0.493 e. The van der Waals surface area contributed by atoms with Gasteiger partial charge in [-0.1, -0.05) is 31.5 Å². The molecule has 0 aliphatic rings. The molecule has 0 spiro atoms. The van der Waals surface area contributed by atoms with Crippen LogP contribution in [0.25, 0.3) is 0 Å². The number of carbonyl (C=O) groups is 2. The Bertz CT molecular complexity index is 870. The maximum absolute atomic E-state index is 13.3. The van der Waals surface area contributed by atoms with E-state index in [4.69, 9.17) is 9.47 Å². The van der Waals surface area contributed by atoms with Gasteiger partial charge in [0.25, 0.3) is 0 Å². The molecule has 1 atom stereocenters. The third kappa shape index (κ3) is 6.98. The minimum absolute atomic E-state index is 0.0914. The van der Waals surface area contributed by atoms with Crippen LogP contribution < -0.4 is 14.8 Å². The van der Waals surface area contributed by atoms with Crippen LogP contribution in [-0.2, 0) is 22.6 Å². The lowest BCUT2D eigenvalue weighted by molar-refractivity contribution is -0.140. The molecule has 2 rings (SSSR count). The van der Waals surface area contributed by atoms with Gasteiger partial charge in [0.15, 0.2) is 11.5 Å². The molecule has 0 aliphatic carbocycles. The van der Waals surface area contributed by atoms with Gasteiger partial charge in [-0.2, -0.15) is 0 Å². The van der Waals surface area contributed by atoms with E-state index in [0.717, 1.165) is 24.0 Å². The molecule has 168 valence electrons. The van der Waals surface area contributed by atoms with E-state index in [1.54, 1.807) is 44.4 Å². The first-order valence-corrected chi connectivity index (χ1v) is 10.4. The van der Waals surface area contributed by atoms with E-state index < -0.39 is 6.04 Å². The zero-order chi connectivity index (χ0) is 22.8. The normalized spacial score (nSPS) is 11.5. The first-order valence-electron chi connectivity index (χ1n) is 10.4. The fourth-order valence-corrected chi connectivity index (χ4v) is 3.17. The lowest BCUT2D eigenvalue weighted by atomic mass is 10.1. The second-order valence-corrected chi connectivity index (χ2v) is 7.33. The lowest BCUT2D eigenvalue weighted by Gasteiger charge is -2.29. The number of unbranched alkanes of at least 4 members (excludes halogenated alkanes) is 1. The maximum Gasteiger partial charge on any atom is 0.242 e. The monoisotopic (exact) mass is 430 g/mol. The number of carbonyl (C=O) groups excluding carboxylic acids is 2. The van der Waals surface area contributed by atoms with Crippen molar-refractivity contribution in [2.75, 3.05) is 20.8 Å². The number of hydrogen-bond donors (Lipinski definition) is 1. The Morgan fingerprint density at radius 2 is 1.68 bits per heavy atom. The summed E-state index contributed by atoms with van der Waals surface area (Å²) in [5, 5.41) is 2.88. The Kier molecular flexibility index (Phi) is 9.31. The highest BCUT2D eigenvalue weighted by molar-refractivity contribution is 5.88. The first-order chi connectivity index (χ1) is 14.9. The number of hydrogen-bond acceptors (Lipinski definition) is 4. The highest BCUT2D eigenvalue weighted by atomic mass is 19.1. The van der Waals surface area contributed by atoms with E-state index in [0.29, 0.717) is 18.0 Å². The molecule has 0 heterocycles. The summed E-state index contributed by atoms with van der Waals surface area (Å²) in [5.74, 6) is 0.331. The lowest BCUT2D eigenvalue weighted by Crippen LogP contribution is -2.48. The third-order valence-electron chi connectivity index (χ3n) is 5.07. The van der Waals surface area contributed by atoms with Gasteiger partial charge in [-0.25, -0.2) is 4.39 Å². The van der Waals surface area contributed by atoms with E-state index in [9.17, 15) is 14.0 Å². The first kappa shape index (κ1) is 24.2. The molecule has 0 aromatic heterocycles. The summed E-state index contributed by atoms with van der Waals surface area (Å²) in [5.41, 5.74) is 1.49. The van der Waals surface area contributed by atoms with Crippen molar-refractivity contribution in [3.05, 3.63) is 59.4 Å². The average molecular weight is 431 g/mol. The number of amides is 2. The van der Waals surface area contributed by atoms with Gasteiger partial charge < -0.3 is 19.7 Å².